The van der Waals surface area contributed by atoms with Crippen molar-refractivity contribution in [3.8, 4) is 11.5 Å². The molecule has 4 nitrogen and oxygen atoms in total. The largest absolute Gasteiger partial charge is 0.457 e. The van der Waals surface area contributed by atoms with Crippen LogP contribution in [-0.4, -0.2) is 10.2 Å². The summed E-state index contributed by atoms with van der Waals surface area (Å²) in [5.41, 5.74) is 5.86. The van der Waals surface area contributed by atoms with Crippen molar-refractivity contribution in [1.82, 2.24) is 10.2 Å². The summed E-state index contributed by atoms with van der Waals surface area (Å²) in [5, 5.41) is 10.8. The Balaban J connectivity index is 1.65. The van der Waals surface area contributed by atoms with Crippen molar-refractivity contribution in [3.63, 3.8) is 0 Å². The molecule has 0 saturated heterocycles. The van der Waals surface area contributed by atoms with Gasteiger partial charge in [-0.2, -0.15) is 5.10 Å². The zero-order chi connectivity index (χ0) is 18.7. The second kappa shape index (κ2) is 7.24. The maximum atomic E-state index is 6.02. The lowest BCUT2D eigenvalue weighted by molar-refractivity contribution is 0.478. The zero-order valence-corrected chi connectivity index (χ0v) is 16.2. The standard InChI is InChI=1S/C22H27N3O/c1-15-7-6-8-20(16(15)2)26-19-11-9-18(10-12-19)23-13-17-14-24-25-21(17)22(3,4)5/h6-12,14,23H,13H2,1-5H3,(H,24,25). The number of hydrogen-bond acceptors (Lipinski definition) is 3. The Morgan fingerprint density at radius 1 is 1.04 bits per heavy atom. The molecule has 26 heavy (non-hydrogen) atoms. The number of aryl methyl sites for hydroxylation is 1. The van der Waals surface area contributed by atoms with E-state index in [1.807, 2.05) is 42.6 Å². The fourth-order valence-corrected chi connectivity index (χ4v) is 2.89. The van der Waals surface area contributed by atoms with Crippen molar-refractivity contribution in [2.24, 2.45) is 0 Å². The number of H-pyrrole nitrogens is 1. The van der Waals surface area contributed by atoms with Crippen LogP contribution in [0.25, 0.3) is 0 Å². The molecule has 0 fully saturated rings. The van der Waals surface area contributed by atoms with E-state index in [4.69, 9.17) is 4.74 Å². The molecular weight excluding hydrogens is 322 g/mol. The number of benzene rings is 2. The molecule has 2 aromatic carbocycles. The molecule has 0 radical (unpaired) electrons. The monoisotopic (exact) mass is 349 g/mol. The van der Waals surface area contributed by atoms with Crippen LogP contribution in [0.4, 0.5) is 5.69 Å². The maximum absolute atomic E-state index is 6.02. The van der Waals surface area contributed by atoms with Gasteiger partial charge in [-0.3, -0.25) is 5.10 Å². The molecule has 3 aromatic rings. The van der Waals surface area contributed by atoms with Gasteiger partial charge in [0, 0.05) is 28.9 Å². The fourth-order valence-electron chi connectivity index (χ4n) is 2.89. The van der Waals surface area contributed by atoms with Gasteiger partial charge in [-0.1, -0.05) is 32.9 Å². The molecule has 3 rings (SSSR count). The van der Waals surface area contributed by atoms with Gasteiger partial charge < -0.3 is 10.1 Å². The molecule has 0 bridgehead atoms. The van der Waals surface area contributed by atoms with Crippen LogP contribution < -0.4 is 10.1 Å². The number of rotatable bonds is 5. The molecule has 0 spiro atoms. The van der Waals surface area contributed by atoms with Crippen LogP contribution in [-0.2, 0) is 12.0 Å². The van der Waals surface area contributed by atoms with Crippen LogP contribution in [0.1, 0.15) is 43.2 Å². The second-order valence-corrected chi connectivity index (χ2v) is 7.70. The van der Waals surface area contributed by atoms with Crippen LogP contribution in [0.3, 0.4) is 0 Å². The molecule has 4 heteroatoms. The number of ether oxygens (including phenoxy) is 1. The third-order valence-corrected chi connectivity index (χ3v) is 4.59. The van der Waals surface area contributed by atoms with E-state index in [1.165, 1.54) is 22.4 Å². The van der Waals surface area contributed by atoms with Gasteiger partial charge in [0.2, 0.25) is 0 Å². The van der Waals surface area contributed by atoms with Crippen molar-refractivity contribution in [3.05, 3.63) is 71.0 Å². The summed E-state index contributed by atoms with van der Waals surface area (Å²) >= 11 is 0. The Bertz CT molecular complexity index is 873. The van der Waals surface area contributed by atoms with Crippen LogP contribution in [0.2, 0.25) is 0 Å². The lowest BCUT2D eigenvalue weighted by Gasteiger charge is -2.18. The number of nitrogens with one attached hydrogen (secondary N) is 2. The van der Waals surface area contributed by atoms with Gasteiger partial charge in [0.05, 0.1) is 6.20 Å². The average Bonchev–Trinajstić information content (AvgIpc) is 3.07. The van der Waals surface area contributed by atoms with Crippen LogP contribution in [0, 0.1) is 13.8 Å². The lowest BCUT2D eigenvalue weighted by Crippen LogP contribution is -2.15. The molecule has 0 unspecified atom stereocenters. The first-order valence-electron chi connectivity index (χ1n) is 8.95. The minimum absolute atomic E-state index is 0.0525. The average molecular weight is 349 g/mol. The molecule has 0 aliphatic heterocycles. The van der Waals surface area contributed by atoms with E-state index >= 15 is 0 Å². The predicted octanol–water partition coefficient (Wildman–Crippen LogP) is 5.73. The highest BCUT2D eigenvalue weighted by Gasteiger charge is 2.19. The first-order chi connectivity index (χ1) is 12.3. The van der Waals surface area contributed by atoms with Crippen molar-refractivity contribution in [2.45, 2.75) is 46.6 Å². The second-order valence-electron chi connectivity index (χ2n) is 7.70. The lowest BCUT2D eigenvalue weighted by atomic mass is 9.89. The highest BCUT2D eigenvalue weighted by molar-refractivity contribution is 5.49. The van der Waals surface area contributed by atoms with E-state index in [2.05, 4.69) is 56.2 Å². The Hall–Kier alpha value is -2.75. The first kappa shape index (κ1) is 18.1. The molecule has 1 aromatic heterocycles. The normalized spacial score (nSPS) is 11.4. The van der Waals surface area contributed by atoms with Crippen molar-refractivity contribution in [1.29, 1.82) is 0 Å². The predicted molar refractivity (Wildman–Crippen MR) is 107 cm³/mol. The van der Waals surface area contributed by atoms with E-state index in [9.17, 15) is 0 Å². The minimum Gasteiger partial charge on any atom is -0.457 e. The third-order valence-electron chi connectivity index (χ3n) is 4.59. The van der Waals surface area contributed by atoms with E-state index in [0.717, 1.165) is 23.7 Å². The first-order valence-corrected chi connectivity index (χ1v) is 8.95. The molecule has 0 saturated carbocycles. The Labute approximate surface area is 155 Å². The molecule has 0 aliphatic carbocycles. The van der Waals surface area contributed by atoms with E-state index in [-0.39, 0.29) is 5.41 Å². The molecule has 136 valence electrons. The van der Waals surface area contributed by atoms with Gasteiger partial charge >= 0.3 is 0 Å². The van der Waals surface area contributed by atoms with E-state index in [1.54, 1.807) is 0 Å². The van der Waals surface area contributed by atoms with Crippen molar-refractivity contribution < 1.29 is 4.74 Å². The third kappa shape index (κ3) is 4.07. The van der Waals surface area contributed by atoms with Crippen LogP contribution in [0.15, 0.2) is 48.7 Å². The van der Waals surface area contributed by atoms with Gasteiger partial charge in [0.1, 0.15) is 11.5 Å². The summed E-state index contributed by atoms with van der Waals surface area (Å²) in [6, 6.07) is 14.2. The number of hydrogen-bond donors (Lipinski definition) is 2. The smallest absolute Gasteiger partial charge is 0.130 e. The summed E-state index contributed by atoms with van der Waals surface area (Å²) in [6.45, 7) is 11.5. The molecule has 1 heterocycles. The quantitative estimate of drug-likeness (QED) is 0.618. The number of nitrogens with zero attached hydrogens (tertiary/aromatic N) is 1. The summed E-state index contributed by atoms with van der Waals surface area (Å²) in [4.78, 5) is 0. The van der Waals surface area contributed by atoms with Crippen LogP contribution in [0.5, 0.6) is 11.5 Å². The van der Waals surface area contributed by atoms with Gasteiger partial charge in [0.25, 0.3) is 0 Å². The summed E-state index contributed by atoms with van der Waals surface area (Å²) < 4.78 is 6.02. The molecular formula is C22H27N3O. The van der Waals surface area contributed by atoms with Crippen molar-refractivity contribution >= 4 is 5.69 Å². The van der Waals surface area contributed by atoms with Gasteiger partial charge in [-0.05, 0) is 55.3 Å². The zero-order valence-electron chi connectivity index (χ0n) is 16.2. The van der Waals surface area contributed by atoms with Gasteiger partial charge in [-0.25, -0.2) is 0 Å². The highest BCUT2D eigenvalue weighted by Crippen LogP contribution is 2.28. The summed E-state index contributed by atoms with van der Waals surface area (Å²) in [6.07, 6.45) is 1.89. The van der Waals surface area contributed by atoms with E-state index in [0.29, 0.717) is 0 Å². The summed E-state index contributed by atoms with van der Waals surface area (Å²) in [5.74, 6) is 1.74. The van der Waals surface area contributed by atoms with Crippen molar-refractivity contribution in [2.75, 3.05) is 5.32 Å². The SMILES string of the molecule is Cc1cccc(Oc2ccc(NCc3cn[nH]c3C(C)(C)C)cc2)c1C. The molecule has 2 N–H and O–H groups in total. The maximum Gasteiger partial charge on any atom is 0.130 e. The molecule has 0 atom stereocenters. The number of anilines is 1. The van der Waals surface area contributed by atoms with Gasteiger partial charge in [-0.15, -0.1) is 0 Å². The Kier molecular flexibility index (Phi) is 5.03. The van der Waals surface area contributed by atoms with E-state index < -0.39 is 0 Å². The minimum atomic E-state index is 0.0525. The van der Waals surface area contributed by atoms with Gasteiger partial charge in [0.15, 0.2) is 0 Å². The number of aromatic amines is 1. The summed E-state index contributed by atoms with van der Waals surface area (Å²) in [7, 11) is 0. The van der Waals surface area contributed by atoms with Crippen LogP contribution >= 0.6 is 0 Å². The Morgan fingerprint density at radius 3 is 2.46 bits per heavy atom. The topological polar surface area (TPSA) is 49.9 Å². The molecule has 0 aliphatic rings. The fraction of sp³-hybridized carbons (Fsp3) is 0.318. The Morgan fingerprint density at radius 2 is 1.77 bits per heavy atom. The molecule has 0 amide bonds. The number of aromatic nitrogens is 2. The highest BCUT2D eigenvalue weighted by atomic mass is 16.5.